The van der Waals surface area contributed by atoms with Gasteiger partial charge in [-0.1, -0.05) is 13.8 Å². The molecule has 3 heteroatoms. The molecule has 78 valence electrons. The fourth-order valence-corrected chi connectivity index (χ4v) is 1.40. The fraction of sp³-hybridized carbons (Fsp3) is 0.900. The number of carboxylic acids is 1. The number of aliphatic hydroxyl groups is 1. The quantitative estimate of drug-likeness (QED) is 0.694. The molecule has 3 nitrogen and oxygen atoms in total. The second kappa shape index (κ2) is 4.09. The summed E-state index contributed by atoms with van der Waals surface area (Å²) in [5.74, 6) is -0.854. The van der Waals surface area contributed by atoms with Gasteiger partial charge in [0.15, 0.2) is 0 Å². The molecular formula is C10H20O3. The average molecular weight is 188 g/mol. The van der Waals surface area contributed by atoms with E-state index in [0.717, 1.165) is 0 Å². The summed E-state index contributed by atoms with van der Waals surface area (Å²) in [5.41, 5.74) is -1.68. The zero-order valence-corrected chi connectivity index (χ0v) is 8.92. The van der Waals surface area contributed by atoms with E-state index in [-0.39, 0.29) is 0 Å². The van der Waals surface area contributed by atoms with Gasteiger partial charge in [-0.2, -0.15) is 0 Å². The van der Waals surface area contributed by atoms with Gasteiger partial charge in [0.2, 0.25) is 0 Å². The van der Waals surface area contributed by atoms with Crippen LogP contribution in [-0.2, 0) is 4.79 Å². The Hall–Kier alpha value is -0.570. The largest absolute Gasteiger partial charge is 0.481 e. The molecule has 0 aromatic rings. The van der Waals surface area contributed by atoms with Gasteiger partial charge >= 0.3 is 5.97 Å². The Morgan fingerprint density at radius 2 is 1.62 bits per heavy atom. The third kappa shape index (κ3) is 3.35. The third-order valence-corrected chi connectivity index (χ3v) is 2.67. The smallest absolute Gasteiger partial charge is 0.309 e. The van der Waals surface area contributed by atoms with Crippen LogP contribution in [0.5, 0.6) is 0 Å². The van der Waals surface area contributed by atoms with E-state index in [9.17, 15) is 9.90 Å². The van der Waals surface area contributed by atoms with E-state index in [4.69, 9.17) is 5.11 Å². The lowest BCUT2D eigenvalue weighted by molar-refractivity contribution is -0.151. The molecule has 0 aliphatic rings. The minimum absolute atomic E-state index is 0.308. The lowest BCUT2D eigenvalue weighted by atomic mass is 9.78. The van der Waals surface area contributed by atoms with E-state index in [0.29, 0.717) is 19.3 Å². The van der Waals surface area contributed by atoms with Gasteiger partial charge in [-0.15, -0.1) is 0 Å². The van der Waals surface area contributed by atoms with Gasteiger partial charge in [-0.3, -0.25) is 4.79 Å². The number of hydrogen-bond acceptors (Lipinski definition) is 2. The van der Waals surface area contributed by atoms with Crippen LogP contribution in [-0.4, -0.2) is 21.8 Å². The molecule has 0 heterocycles. The van der Waals surface area contributed by atoms with Crippen molar-refractivity contribution < 1.29 is 15.0 Å². The molecule has 0 rings (SSSR count). The molecule has 0 aromatic heterocycles. The Morgan fingerprint density at radius 3 is 1.85 bits per heavy atom. The van der Waals surface area contributed by atoms with Gasteiger partial charge < -0.3 is 10.2 Å². The molecule has 0 saturated heterocycles. The average Bonchev–Trinajstić information content (AvgIpc) is 2.03. The van der Waals surface area contributed by atoms with Gasteiger partial charge in [-0.25, -0.2) is 0 Å². The van der Waals surface area contributed by atoms with Crippen molar-refractivity contribution in [2.75, 3.05) is 0 Å². The highest BCUT2D eigenvalue weighted by molar-refractivity contribution is 5.73. The first-order valence-corrected chi connectivity index (χ1v) is 4.73. The lowest BCUT2D eigenvalue weighted by Crippen LogP contribution is -2.37. The van der Waals surface area contributed by atoms with Crippen molar-refractivity contribution in [3.63, 3.8) is 0 Å². The summed E-state index contributed by atoms with van der Waals surface area (Å²) in [6.45, 7) is 7.04. The van der Waals surface area contributed by atoms with E-state index in [2.05, 4.69) is 0 Å². The molecule has 0 saturated carbocycles. The maximum Gasteiger partial charge on any atom is 0.309 e. The highest BCUT2D eigenvalue weighted by Crippen LogP contribution is 2.32. The summed E-state index contributed by atoms with van der Waals surface area (Å²) in [7, 11) is 0. The van der Waals surface area contributed by atoms with Crippen molar-refractivity contribution in [1.29, 1.82) is 0 Å². The van der Waals surface area contributed by atoms with E-state index >= 15 is 0 Å². The van der Waals surface area contributed by atoms with E-state index in [1.165, 1.54) is 0 Å². The third-order valence-electron chi connectivity index (χ3n) is 2.67. The highest BCUT2D eigenvalue weighted by atomic mass is 16.4. The van der Waals surface area contributed by atoms with Crippen LogP contribution >= 0.6 is 0 Å². The van der Waals surface area contributed by atoms with Crippen LogP contribution in [0.2, 0.25) is 0 Å². The first kappa shape index (κ1) is 12.4. The molecule has 0 bridgehead atoms. The van der Waals surface area contributed by atoms with Crippen molar-refractivity contribution in [3.8, 4) is 0 Å². The maximum atomic E-state index is 10.8. The molecule has 0 radical (unpaired) electrons. The molecule has 0 aliphatic carbocycles. The second-order valence-electron chi connectivity index (χ2n) is 4.30. The van der Waals surface area contributed by atoms with Crippen LogP contribution in [0.15, 0.2) is 0 Å². The van der Waals surface area contributed by atoms with E-state index < -0.39 is 17.0 Å². The van der Waals surface area contributed by atoms with Crippen molar-refractivity contribution >= 4 is 5.97 Å². The van der Waals surface area contributed by atoms with Crippen molar-refractivity contribution in [2.45, 2.75) is 52.6 Å². The van der Waals surface area contributed by atoms with Crippen LogP contribution in [0.3, 0.4) is 0 Å². The fourth-order valence-electron chi connectivity index (χ4n) is 1.40. The summed E-state index contributed by atoms with van der Waals surface area (Å²) in [4.78, 5) is 10.8. The zero-order chi connectivity index (χ0) is 10.7. The molecule has 13 heavy (non-hydrogen) atoms. The number of rotatable bonds is 5. The SMILES string of the molecule is CCC(O)(CC)CC(C)(C)C(=O)O. The van der Waals surface area contributed by atoms with E-state index in [1.807, 2.05) is 13.8 Å². The predicted molar refractivity (Wildman–Crippen MR) is 51.6 cm³/mol. The number of carbonyl (C=O) groups is 1. The summed E-state index contributed by atoms with van der Waals surface area (Å²) in [5, 5.41) is 18.8. The Labute approximate surface area is 79.8 Å². The maximum absolute atomic E-state index is 10.8. The molecule has 0 spiro atoms. The van der Waals surface area contributed by atoms with Crippen LogP contribution in [0.25, 0.3) is 0 Å². The van der Waals surface area contributed by atoms with Gasteiger partial charge in [0, 0.05) is 0 Å². The predicted octanol–water partition coefficient (Wildman–Crippen LogP) is 2.04. The van der Waals surface area contributed by atoms with Crippen molar-refractivity contribution in [1.82, 2.24) is 0 Å². The van der Waals surface area contributed by atoms with E-state index in [1.54, 1.807) is 13.8 Å². The van der Waals surface area contributed by atoms with Crippen LogP contribution in [0.4, 0.5) is 0 Å². The molecule has 0 amide bonds. The molecule has 0 unspecified atom stereocenters. The number of hydrogen-bond donors (Lipinski definition) is 2. The molecular weight excluding hydrogens is 168 g/mol. The molecule has 0 fully saturated rings. The molecule has 0 aromatic carbocycles. The van der Waals surface area contributed by atoms with Crippen molar-refractivity contribution in [3.05, 3.63) is 0 Å². The number of carboxylic acid groups (broad SMARTS) is 1. The van der Waals surface area contributed by atoms with Gasteiger partial charge in [0.05, 0.1) is 11.0 Å². The molecule has 0 atom stereocenters. The van der Waals surface area contributed by atoms with Crippen molar-refractivity contribution in [2.24, 2.45) is 5.41 Å². The minimum atomic E-state index is -0.854. The standard InChI is InChI=1S/C10H20O3/c1-5-10(13,6-2)7-9(3,4)8(11)12/h13H,5-7H2,1-4H3,(H,11,12). The van der Waals surface area contributed by atoms with Crippen LogP contribution < -0.4 is 0 Å². The Morgan fingerprint density at radius 1 is 1.23 bits per heavy atom. The first-order chi connectivity index (χ1) is 5.77. The van der Waals surface area contributed by atoms with Crippen LogP contribution in [0.1, 0.15) is 47.0 Å². The van der Waals surface area contributed by atoms with Gasteiger partial charge in [0.1, 0.15) is 0 Å². The molecule has 2 N–H and O–H groups in total. The topological polar surface area (TPSA) is 57.5 Å². The molecule has 0 aliphatic heterocycles. The Balaban J connectivity index is 4.48. The summed E-state index contributed by atoms with van der Waals surface area (Å²) in [6, 6.07) is 0. The minimum Gasteiger partial charge on any atom is -0.481 e. The Bertz CT molecular complexity index is 181. The number of aliphatic carboxylic acids is 1. The lowest BCUT2D eigenvalue weighted by Gasteiger charge is -2.32. The monoisotopic (exact) mass is 188 g/mol. The van der Waals surface area contributed by atoms with Gasteiger partial charge in [0.25, 0.3) is 0 Å². The summed E-state index contributed by atoms with van der Waals surface area (Å²) in [6.07, 6.45) is 1.50. The second-order valence-corrected chi connectivity index (χ2v) is 4.30. The van der Waals surface area contributed by atoms with Gasteiger partial charge in [-0.05, 0) is 33.1 Å². The first-order valence-electron chi connectivity index (χ1n) is 4.73. The summed E-state index contributed by atoms with van der Waals surface area (Å²) < 4.78 is 0. The van der Waals surface area contributed by atoms with Crippen LogP contribution in [0, 0.1) is 5.41 Å². The highest BCUT2D eigenvalue weighted by Gasteiger charge is 2.36. The normalized spacial score (nSPS) is 13.0. The Kier molecular flexibility index (Phi) is 3.91. The zero-order valence-electron chi connectivity index (χ0n) is 8.92. The summed E-state index contributed by atoms with van der Waals surface area (Å²) >= 11 is 0.